The molecule has 1 N–H and O–H groups in total. The molecule has 7 heteroatoms. The molecule has 2 aromatic carbocycles. The van der Waals surface area contributed by atoms with E-state index >= 15 is 0 Å². The lowest BCUT2D eigenvalue weighted by Gasteiger charge is -2.22. The smallest absolute Gasteiger partial charge is 0.251 e. The molecular formula is C25H27FN4O2. The van der Waals surface area contributed by atoms with Crippen LogP contribution in [-0.2, 0) is 4.79 Å². The van der Waals surface area contributed by atoms with Crippen molar-refractivity contribution in [3.63, 3.8) is 0 Å². The average molecular weight is 435 g/mol. The monoisotopic (exact) mass is 434 g/mol. The second-order valence-electron chi connectivity index (χ2n) is 8.13. The lowest BCUT2D eigenvalue weighted by Crippen LogP contribution is -2.31. The van der Waals surface area contributed by atoms with Crippen LogP contribution in [-0.4, -0.2) is 28.8 Å². The van der Waals surface area contributed by atoms with Crippen molar-refractivity contribution >= 4 is 17.5 Å². The minimum atomic E-state index is -0.390. The summed E-state index contributed by atoms with van der Waals surface area (Å²) in [6.45, 7) is 7.23. The van der Waals surface area contributed by atoms with Crippen molar-refractivity contribution in [2.24, 2.45) is 5.92 Å². The highest BCUT2D eigenvalue weighted by Gasteiger charge is 2.20. The second-order valence-corrected chi connectivity index (χ2v) is 8.13. The molecule has 1 aromatic heterocycles. The first-order valence-electron chi connectivity index (χ1n) is 10.4. The molecule has 0 spiro atoms. The van der Waals surface area contributed by atoms with E-state index in [1.54, 1.807) is 70.7 Å². The van der Waals surface area contributed by atoms with Crippen LogP contribution in [0, 0.1) is 18.7 Å². The number of halogens is 1. The van der Waals surface area contributed by atoms with Crippen LogP contribution in [0.3, 0.4) is 0 Å². The molecule has 0 radical (unpaired) electrons. The van der Waals surface area contributed by atoms with Gasteiger partial charge in [0.15, 0.2) is 0 Å². The zero-order valence-corrected chi connectivity index (χ0v) is 18.9. The summed E-state index contributed by atoms with van der Waals surface area (Å²) >= 11 is 0. The summed E-state index contributed by atoms with van der Waals surface area (Å²) in [7, 11) is 1.65. The lowest BCUT2D eigenvalue weighted by molar-refractivity contribution is -0.121. The van der Waals surface area contributed by atoms with Crippen LogP contribution in [0.4, 0.5) is 10.1 Å². The van der Waals surface area contributed by atoms with Gasteiger partial charge in [-0.05, 0) is 49.2 Å². The van der Waals surface area contributed by atoms with Gasteiger partial charge >= 0.3 is 0 Å². The van der Waals surface area contributed by atoms with Gasteiger partial charge in [0.1, 0.15) is 5.82 Å². The molecule has 0 aliphatic rings. The largest absolute Gasteiger partial charge is 0.344 e. The number of amides is 2. The molecule has 2 amide bonds. The number of carbonyl (C=O) groups excluding carboxylic acids is 2. The Hall–Kier alpha value is -3.61. The van der Waals surface area contributed by atoms with Gasteiger partial charge < -0.3 is 10.2 Å². The highest BCUT2D eigenvalue weighted by Crippen LogP contribution is 2.30. The first kappa shape index (κ1) is 23.1. The van der Waals surface area contributed by atoms with Crippen molar-refractivity contribution in [2.75, 3.05) is 11.9 Å². The van der Waals surface area contributed by atoms with E-state index in [0.29, 0.717) is 28.1 Å². The van der Waals surface area contributed by atoms with E-state index in [1.807, 2.05) is 13.0 Å². The number of hydrogen-bond donors (Lipinski definition) is 1. The number of hydrogen-bond acceptors (Lipinski definition) is 4. The second kappa shape index (κ2) is 9.68. The average Bonchev–Trinajstić information content (AvgIpc) is 2.78. The van der Waals surface area contributed by atoms with Crippen LogP contribution < -0.4 is 10.2 Å². The summed E-state index contributed by atoms with van der Waals surface area (Å²) in [4.78, 5) is 35.4. The third kappa shape index (κ3) is 5.17. The molecule has 6 nitrogen and oxygen atoms in total. The fourth-order valence-corrected chi connectivity index (χ4v) is 3.35. The Bertz CT molecular complexity index is 1130. The molecule has 0 aliphatic carbocycles. The minimum Gasteiger partial charge on any atom is -0.344 e. The third-order valence-corrected chi connectivity index (χ3v) is 5.20. The third-order valence-electron chi connectivity index (χ3n) is 5.20. The van der Waals surface area contributed by atoms with E-state index in [1.165, 1.54) is 11.0 Å². The van der Waals surface area contributed by atoms with Gasteiger partial charge in [-0.2, -0.15) is 0 Å². The Balaban J connectivity index is 2.03. The molecule has 1 atom stereocenters. The SMILES string of the molecule is Cc1ccc(-c2cc(C(=O)NC(C)c3cnccn3)cc(N(C)C(=O)C(C)C)c2)c(F)c1. The lowest BCUT2D eigenvalue weighted by atomic mass is 9.99. The van der Waals surface area contributed by atoms with Crippen LogP contribution in [0.2, 0.25) is 0 Å². The number of aromatic nitrogens is 2. The fourth-order valence-electron chi connectivity index (χ4n) is 3.35. The Morgan fingerprint density at radius 1 is 1.06 bits per heavy atom. The molecule has 3 rings (SSSR count). The first-order chi connectivity index (χ1) is 15.2. The molecular weight excluding hydrogens is 407 g/mol. The molecule has 3 aromatic rings. The van der Waals surface area contributed by atoms with Gasteiger partial charge in [0.05, 0.1) is 17.9 Å². The Morgan fingerprint density at radius 2 is 1.81 bits per heavy atom. The molecule has 0 saturated heterocycles. The molecule has 0 aliphatic heterocycles. The summed E-state index contributed by atoms with van der Waals surface area (Å²) in [5.41, 5.74) is 3.12. The van der Waals surface area contributed by atoms with Crippen molar-refractivity contribution in [3.8, 4) is 11.1 Å². The van der Waals surface area contributed by atoms with Crippen LogP contribution in [0.1, 0.15) is 48.4 Å². The van der Waals surface area contributed by atoms with Crippen molar-refractivity contribution < 1.29 is 14.0 Å². The van der Waals surface area contributed by atoms with Crippen LogP contribution in [0.15, 0.2) is 55.0 Å². The number of aryl methyl sites for hydroxylation is 1. The normalized spacial score (nSPS) is 11.8. The van der Waals surface area contributed by atoms with Gasteiger partial charge in [0.25, 0.3) is 5.91 Å². The van der Waals surface area contributed by atoms with Gasteiger partial charge in [-0.25, -0.2) is 4.39 Å². The molecule has 1 unspecified atom stereocenters. The van der Waals surface area contributed by atoms with E-state index in [9.17, 15) is 14.0 Å². The van der Waals surface area contributed by atoms with Crippen LogP contribution in [0.5, 0.6) is 0 Å². The first-order valence-corrected chi connectivity index (χ1v) is 10.4. The van der Waals surface area contributed by atoms with Crippen LogP contribution in [0.25, 0.3) is 11.1 Å². The van der Waals surface area contributed by atoms with E-state index in [4.69, 9.17) is 0 Å². The molecule has 0 saturated carbocycles. The number of rotatable bonds is 6. The summed E-state index contributed by atoms with van der Waals surface area (Å²) in [6, 6.07) is 9.53. The van der Waals surface area contributed by atoms with Gasteiger partial charge in [-0.15, -0.1) is 0 Å². The van der Waals surface area contributed by atoms with E-state index in [2.05, 4.69) is 15.3 Å². The predicted octanol–water partition coefficient (Wildman–Crippen LogP) is 4.70. The molecule has 32 heavy (non-hydrogen) atoms. The summed E-state index contributed by atoms with van der Waals surface area (Å²) < 4.78 is 14.7. The molecule has 0 fully saturated rings. The zero-order chi connectivity index (χ0) is 23.4. The summed E-state index contributed by atoms with van der Waals surface area (Å²) in [5, 5.41) is 2.89. The Labute approximate surface area is 187 Å². The van der Waals surface area contributed by atoms with E-state index < -0.39 is 0 Å². The summed E-state index contributed by atoms with van der Waals surface area (Å²) in [5.74, 6) is -1.08. The number of carbonyl (C=O) groups is 2. The zero-order valence-electron chi connectivity index (χ0n) is 18.9. The standard InChI is InChI=1S/C25H27FN4O2/c1-15(2)25(32)30(5)20-12-18(21-7-6-16(3)10-22(21)26)11-19(13-20)24(31)29-17(4)23-14-27-8-9-28-23/h6-15,17H,1-5H3,(H,29,31). The summed E-state index contributed by atoms with van der Waals surface area (Å²) in [6.07, 6.45) is 4.71. The number of anilines is 1. The van der Waals surface area contributed by atoms with E-state index in [0.717, 1.165) is 5.56 Å². The Morgan fingerprint density at radius 3 is 2.44 bits per heavy atom. The predicted molar refractivity (Wildman–Crippen MR) is 123 cm³/mol. The maximum Gasteiger partial charge on any atom is 0.251 e. The topological polar surface area (TPSA) is 75.2 Å². The highest BCUT2D eigenvalue weighted by molar-refractivity contribution is 6.00. The number of benzene rings is 2. The van der Waals surface area contributed by atoms with Crippen molar-refractivity contribution in [1.29, 1.82) is 0 Å². The van der Waals surface area contributed by atoms with Gasteiger partial charge in [-0.1, -0.05) is 26.0 Å². The van der Waals surface area contributed by atoms with Crippen molar-refractivity contribution in [1.82, 2.24) is 15.3 Å². The van der Waals surface area contributed by atoms with Crippen molar-refractivity contribution in [2.45, 2.75) is 33.7 Å². The van der Waals surface area contributed by atoms with Crippen LogP contribution >= 0.6 is 0 Å². The fraction of sp³-hybridized carbons (Fsp3) is 0.280. The molecule has 166 valence electrons. The van der Waals surface area contributed by atoms with Gasteiger partial charge in [0, 0.05) is 42.2 Å². The minimum absolute atomic E-state index is 0.106. The quantitative estimate of drug-likeness (QED) is 0.610. The maximum absolute atomic E-state index is 14.7. The van der Waals surface area contributed by atoms with Crippen molar-refractivity contribution in [3.05, 3.63) is 77.6 Å². The molecule has 1 heterocycles. The Kier molecular flexibility index (Phi) is 6.98. The van der Waals surface area contributed by atoms with Gasteiger partial charge in [0.2, 0.25) is 5.91 Å². The number of nitrogens with zero attached hydrogens (tertiary/aromatic N) is 3. The highest BCUT2D eigenvalue weighted by atomic mass is 19.1. The van der Waals surface area contributed by atoms with Gasteiger partial charge in [-0.3, -0.25) is 19.6 Å². The molecule has 0 bridgehead atoms. The number of nitrogens with one attached hydrogen (secondary N) is 1. The van der Waals surface area contributed by atoms with E-state index in [-0.39, 0.29) is 29.6 Å². The maximum atomic E-state index is 14.7.